The fraction of sp³-hybridized carbons (Fsp3) is 0.333. The van der Waals surface area contributed by atoms with Crippen molar-refractivity contribution in [1.82, 2.24) is 9.55 Å². The number of hydrogen-bond acceptors (Lipinski definition) is 5. The zero-order chi connectivity index (χ0) is 14.2. The van der Waals surface area contributed by atoms with Gasteiger partial charge in [0.1, 0.15) is 17.8 Å². The first-order valence-corrected chi connectivity index (χ1v) is 5.44. The molecule has 0 aromatic carbocycles. The molecular weight excluding hydrogens is 252 g/mol. The van der Waals surface area contributed by atoms with Gasteiger partial charge in [0.2, 0.25) is 0 Å². The maximum Gasteiger partial charge on any atom is 0.330 e. The van der Waals surface area contributed by atoms with Gasteiger partial charge in [-0.3, -0.25) is 14.3 Å². The van der Waals surface area contributed by atoms with Crippen molar-refractivity contribution in [3.63, 3.8) is 0 Å². The lowest BCUT2D eigenvalue weighted by molar-refractivity contribution is -0.0447. The molecule has 1 aliphatic heterocycles. The molecule has 2 rings (SSSR count). The summed E-state index contributed by atoms with van der Waals surface area (Å²) in [5.74, 6) is 2.14. The lowest BCUT2D eigenvalue weighted by atomic mass is 10.1. The van der Waals surface area contributed by atoms with E-state index in [9.17, 15) is 14.7 Å². The van der Waals surface area contributed by atoms with Gasteiger partial charge in [-0.1, -0.05) is 12.5 Å². The maximum absolute atomic E-state index is 11.7. The number of hydrogen-bond donors (Lipinski definition) is 3. The fourth-order valence-electron chi connectivity index (χ4n) is 1.86. The summed E-state index contributed by atoms with van der Waals surface area (Å²) in [6.07, 6.45) is 3.36. The van der Waals surface area contributed by atoms with Crippen LogP contribution in [-0.4, -0.2) is 38.6 Å². The molecule has 1 aliphatic rings. The zero-order valence-corrected chi connectivity index (χ0v) is 9.87. The minimum Gasteiger partial charge on any atom is -0.394 e. The van der Waals surface area contributed by atoms with Crippen LogP contribution in [0.25, 0.3) is 0 Å². The third kappa shape index (κ3) is 2.13. The molecule has 0 bridgehead atoms. The SMILES string of the molecule is C#Cc1cn(C2O[C@H](CO)[C@H](O)C2=C)c(=O)[nH]c1=O. The summed E-state index contributed by atoms with van der Waals surface area (Å²) in [5.41, 5.74) is -1.25. The number of aromatic amines is 1. The van der Waals surface area contributed by atoms with E-state index < -0.39 is 36.3 Å². The highest BCUT2D eigenvalue weighted by Crippen LogP contribution is 2.31. The van der Waals surface area contributed by atoms with Crippen LogP contribution in [0.4, 0.5) is 0 Å². The number of terminal acetylenes is 1. The molecule has 0 aliphatic carbocycles. The van der Waals surface area contributed by atoms with E-state index in [4.69, 9.17) is 16.3 Å². The first kappa shape index (κ1) is 13.3. The molecule has 1 fully saturated rings. The molecule has 1 aromatic heterocycles. The van der Waals surface area contributed by atoms with E-state index in [2.05, 4.69) is 12.5 Å². The Morgan fingerprint density at radius 2 is 2.26 bits per heavy atom. The number of aromatic nitrogens is 2. The van der Waals surface area contributed by atoms with Crippen LogP contribution in [0, 0.1) is 12.3 Å². The highest BCUT2D eigenvalue weighted by molar-refractivity contribution is 5.27. The number of rotatable bonds is 2. The van der Waals surface area contributed by atoms with Gasteiger partial charge in [0.05, 0.1) is 6.61 Å². The number of ether oxygens (including phenoxy) is 1. The van der Waals surface area contributed by atoms with Crippen LogP contribution in [0.1, 0.15) is 11.8 Å². The van der Waals surface area contributed by atoms with E-state index in [1.807, 2.05) is 4.98 Å². The summed E-state index contributed by atoms with van der Waals surface area (Å²) in [4.78, 5) is 25.1. The van der Waals surface area contributed by atoms with Crippen molar-refractivity contribution in [2.45, 2.75) is 18.4 Å². The molecule has 0 saturated carbocycles. The average Bonchev–Trinajstić information content (AvgIpc) is 2.67. The van der Waals surface area contributed by atoms with E-state index in [-0.39, 0.29) is 11.1 Å². The Hall–Kier alpha value is -2.14. The third-order valence-electron chi connectivity index (χ3n) is 2.91. The highest BCUT2D eigenvalue weighted by Gasteiger charge is 2.38. The Morgan fingerprint density at radius 1 is 1.58 bits per heavy atom. The van der Waals surface area contributed by atoms with Gasteiger partial charge in [0, 0.05) is 11.8 Å². The highest BCUT2D eigenvalue weighted by atomic mass is 16.5. The number of aliphatic hydroxyl groups excluding tert-OH is 2. The number of nitrogens with one attached hydrogen (secondary N) is 1. The molecule has 0 spiro atoms. The van der Waals surface area contributed by atoms with Gasteiger partial charge in [-0.05, 0) is 0 Å². The smallest absolute Gasteiger partial charge is 0.330 e. The minimum absolute atomic E-state index is 0.0436. The van der Waals surface area contributed by atoms with E-state index in [1.54, 1.807) is 0 Å². The summed E-state index contributed by atoms with van der Waals surface area (Å²) < 4.78 is 6.34. The molecule has 0 radical (unpaired) electrons. The second-order valence-electron chi connectivity index (χ2n) is 4.08. The molecule has 1 aromatic rings. The van der Waals surface area contributed by atoms with Crippen molar-refractivity contribution in [3.05, 3.63) is 44.8 Å². The van der Waals surface area contributed by atoms with Gasteiger partial charge < -0.3 is 14.9 Å². The van der Waals surface area contributed by atoms with Crippen LogP contribution in [0.2, 0.25) is 0 Å². The molecule has 3 atom stereocenters. The molecule has 1 saturated heterocycles. The van der Waals surface area contributed by atoms with Gasteiger partial charge in [0.15, 0.2) is 6.23 Å². The van der Waals surface area contributed by atoms with Crippen molar-refractivity contribution in [3.8, 4) is 12.3 Å². The summed E-state index contributed by atoms with van der Waals surface area (Å²) in [6, 6.07) is 0. The summed E-state index contributed by atoms with van der Waals surface area (Å²) in [6.45, 7) is 3.20. The minimum atomic E-state index is -1.09. The summed E-state index contributed by atoms with van der Waals surface area (Å²) in [7, 11) is 0. The first-order valence-electron chi connectivity index (χ1n) is 5.44. The molecule has 1 unspecified atom stereocenters. The molecular formula is C12H12N2O5. The largest absolute Gasteiger partial charge is 0.394 e. The number of nitrogens with zero attached hydrogens (tertiary/aromatic N) is 1. The standard InChI is InChI=1S/C12H12N2O5/c1-3-7-4-14(12(18)13-10(7)17)11-6(2)9(16)8(5-15)19-11/h1,4,8-9,11,15-16H,2,5H2,(H,13,17,18)/t8-,9-,11?/m1/s1. The van der Waals surface area contributed by atoms with Crippen molar-refractivity contribution in [2.75, 3.05) is 6.61 Å². The van der Waals surface area contributed by atoms with Crippen molar-refractivity contribution >= 4 is 0 Å². The van der Waals surface area contributed by atoms with Crippen LogP contribution in [0.15, 0.2) is 27.9 Å². The second-order valence-corrected chi connectivity index (χ2v) is 4.08. The van der Waals surface area contributed by atoms with E-state index in [0.29, 0.717) is 0 Å². The van der Waals surface area contributed by atoms with E-state index in [1.165, 1.54) is 0 Å². The predicted molar refractivity (Wildman–Crippen MR) is 65.4 cm³/mol. The molecule has 100 valence electrons. The number of H-pyrrole nitrogens is 1. The lowest BCUT2D eigenvalue weighted by Crippen LogP contribution is -2.34. The average molecular weight is 264 g/mol. The summed E-state index contributed by atoms with van der Waals surface area (Å²) in [5, 5.41) is 18.8. The zero-order valence-electron chi connectivity index (χ0n) is 9.87. The molecule has 7 heteroatoms. The fourth-order valence-corrected chi connectivity index (χ4v) is 1.86. The van der Waals surface area contributed by atoms with E-state index >= 15 is 0 Å². The molecule has 2 heterocycles. The molecule has 7 nitrogen and oxygen atoms in total. The number of aliphatic hydroxyl groups is 2. The lowest BCUT2D eigenvalue weighted by Gasteiger charge is -2.14. The molecule has 19 heavy (non-hydrogen) atoms. The monoisotopic (exact) mass is 264 g/mol. The van der Waals surface area contributed by atoms with Gasteiger partial charge in [0.25, 0.3) is 5.56 Å². The Balaban J connectivity index is 2.50. The second kappa shape index (κ2) is 4.85. The maximum atomic E-state index is 11.7. The van der Waals surface area contributed by atoms with Crippen LogP contribution < -0.4 is 11.2 Å². The van der Waals surface area contributed by atoms with Gasteiger partial charge in [-0.15, -0.1) is 6.42 Å². The van der Waals surface area contributed by atoms with Gasteiger partial charge in [-0.25, -0.2) is 4.79 Å². The Labute approximate surface area is 107 Å². The topological polar surface area (TPSA) is 105 Å². The van der Waals surface area contributed by atoms with E-state index in [0.717, 1.165) is 10.8 Å². The van der Waals surface area contributed by atoms with Crippen LogP contribution >= 0.6 is 0 Å². The van der Waals surface area contributed by atoms with Crippen LogP contribution in [-0.2, 0) is 4.74 Å². The van der Waals surface area contributed by atoms with Crippen molar-refractivity contribution < 1.29 is 14.9 Å². The van der Waals surface area contributed by atoms with Crippen LogP contribution in [0.3, 0.4) is 0 Å². The summed E-state index contributed by atoms with van der Waals surface area (Å²) >= 11 is 0. The van der Waals surface area contributed by atoms with Gasteiger partial charge in [-0.2, -0.15) is 0 Å². The first-order chi connectivity index (χ1) is 8.99. The predicted octanol–water partition coefficient (Wildman–Crippen LogP) is -1.68. The Morgan fingerprint density at radius 3 is 2.79 bits per heavy atom. The van der Waals surface area contributed by atoms with Crippen LogP contribution in [0.5, 0.6) is 0 Å². The third-order valence-corrected chi connectivity index (χ3v) is 2.91. The molecule has 3 N–H and O–H groups in total. The normalized spacial score (nSPS) is 26.4. The quantitative estimate of drug-likeness (QED) is 0.437. The van der Waals surface area contributed by atoms with Crippen molar-refractivity contribution in [2.24, 2.45) is 0 Å². The Kier molecular flexibility index (Phi) is 3.40. The van der Waals surface area contributed by atoms with Crippen molar-refractivity contribution in [1.29, 1.82) is 0 Å². The Bertz CT molecular complexity index is 666. The molecule has 0 amide bonds. The van der Waals surface area contributed by atoms with Gasteiger partial charge >= 0.3 is 5.69 Å².